The molecule has 4 rings (SSSR count). The van der Waals surface area contributed by atoms with E-state index in [1.165, 1.54) is 21.9 Å². The number of anilines is 2. The number of hydrogen-bond donors (Lipinski definition) is 1. The van der Waals surface area contributed by atoms with Gasteiger partial charge in [0.15, 0.2) is 0 Å². The van der Waals surface area contributed by atoms with E-state index in [9.17, 15) is 18.8 Å². The van der Waals surface area contributed by atoms with E-state index >= 15 is 0 Å². The van der Waals surface area contributed by atoms with Crippen LogP contribution in [0.15, 0.2) is 60.8 Å². The van der Waals surface area contributed by atoms with Crippen LogP contribution in [0.3, 0.4) is 0 Å². The number of rotatable bonds is 12. The number of nitrogens with one attached hydrogen (secondary N) is 1. The highest BCUT2D eigenvalue weighted by molar-refractivity contribution is 6.20. The van der Waals surface area contributed by atoms with Gasteiger partial charge in [0.1, 0.15) is 17.0 Å². The van der Waals surface area contributed by atoms with Gasteiger partial charge in [-0.05, 0) is 75.6 Å². The maximum atomic E-state index is 13.9. The number of amides is 3. The fourth-order valence-corrected chi connectivity index (χ4v) is 5.11. The first-order valence-electron chi connectivity index (χ1n) is 14.6. The molecule has 0 spiro atoms. The molecule has 0 aliphatic carbocycles. The molecule has 228 valence electrons. The number of ether oxygens (including phenoxy) is 1. The molecule has 0 saturated heterocycles. The van der Waals surface area contributed by atoms with Crippen LogP contribution < -0.4 is 19.9 Å². The lowest BCUT2D eigenvalue weighted by atomic mass is 9.90. The van der Waals surface area contributed by atoms with Crippen molar-refractivity contribution in [3.8, 4) is 5.75 Å². The van der Waals surface area contributed by atoms with Crippen LogP contribution >= 0.6 is 0 Å². The Kier molecular flexibility index (Phi) is 10.1. The zero-order valence-electron chi connectivity index (χ0n) is 25.5. The minimum Gasteiger partial charge on any atom is -0.494 e. The molecule has 0 unspecified atom stereocenters. The largest absolute Gasteiger partial charge is 0.494 e. The average molecular weight is 590 g/mol. The highest BCUT2D eigenvalue weighted by atomic mass is 19.1. The molecule has 3 aromatic rings. The van der Waals surface area contributed by atoms with Crippen LogP contribution in [-0.2, 0) is 22.6 Å². The molecule has 1 aromatic heterocycles. The Bertz CT molecular complexity index is 1480. The van der Waals surface area contributed by atoms with Crippen LogP contribution in [0.25, 0.3) is 0 Å². The van der Waals surface area contributed by atoms with Gasteiger partial charge in [-0.2, -0.15) is 0 Å². The number of carbonyl (C=O) groups excluding carboxylic acids is 3. The zero-order valence-corrected chi connectivity index (χ0v) is 25.5. The summed E-state index contributed by atoms with van der Waals surface area (Å²) in [6.07, 6.45) is 3.25. The highest BCUT2D eigenvalue weighted by Crippen LogP contribution is 2.40. The van der Waals surface area contributed by atoms with E-state index in [2.05, 4.69) is 10.3 Å². The van der Waals surface area contributed by atoms with Crippen molar-refractivity contribution in [3.05, 3.63) is 83.4 Å². The van der Waals surface area contributed by atoms with Gasteiger partial charge in [0, 0.05) is 58.2 Å². The number of aromatic nitrogens is 1. The molecule has 10 heteroatoms. The first-order chi connectivity index (χ1) is 20.5. The summed E-state index contributed by atoms with van der Waals surface area (Å²) in [5.74, 6) is -0.705. The number of nitrogens with zero attached hydrogens (tertiary/aromatic N) is 4. The lowest BCUT2D eigenvalue weighted by molar-refractivity contribution is -0.137. The number of halogens is 1. The maximum absolute atomic E-state index is 13.9. The minimum atomic E-state index is -1.15. The van der Waals surface area contributed by atoms with E-state index < -0.39 is 11.2 Å². The van der Waals surface area contributed by atoms with E-state index in [0.29, 0.717) is 49.9 Å². The molecule has 1 N–H and O–H groups in total. The van der Waals surface area contributed by atoms with Crippen molar-refractivity contribution in [2.45, 2.75) is 40.2 Å². The number of pyridine rings is 1. The minimum absolute atomic E-state index is 0.0703. The molecule has 3 amide bonds. The Morgan fingerprint density at radius 3 is 2.58 bits per heavy atom. The van der Waals surface area contributed by atoms with Crippen molar-refractivity contribution in [1.82, 2.24) is 15.2 Å². The molecule has 2 heterocycles. The van der Waals surface area contributed by atoms with Gasteiger partial charge in [-0.3, -0.25) is 19.4 Å². The van der Waals surface area contributed by atoms with Crippen molar-refractivity contribution in [1.29, 1.82) is 0 Å². The smallest absolute Gasteiger partial charge is 0.256 e. The van der Waals surface area contributed by atoms with E-state index in [1.54, 1.807) is 51.2 Å². The Balaban J connectivity index is 1.25. The first kappa shape index (κ1) is 31.6. The number of benzene rings is 2. The first-order valence-corrected chi connectivity index (χ1v) is 14.6. The summed E-state index contributed by atoms with van der Waals surface area (Å²) >= 11 is 0. The van der Waals surface area contributed by atoms with Crippen LogP contribution in [-0.4, -0.2) is 67.9 Å². The Hall–Kier alpha value is -4.31. The Morgan fingerprint density at radius 2 is 1.84 bits per heavy atom. The quantitative estimate of drug-likeness (QED) is 0.248. The summed E-state index contributed by atoms with van der Waals surface area (Å²) in [6.45, 7) is 7.77. The van der Waals surface area contributed by atoms with Crippen LogP contribution in [0.5, 0.6) is 5.75 Å². The van der Waals surface area contributed by atoms with Crippen LogP contribution in [0.4, 0.5) is 15.8 Å². The number of fused-ring (bicyclic) bond motifs is 1. The molecule has 0 fully saturated rings. The Labute approximate surface area is 252 Å². The van der Waals surface area contributed by atoms with Crippen molar-refractivity contribution in [2.24, 2.45) is 5.41 Å². The fraction of sp³-hybridized carbons (Fsp3) is 0.394. The molecule has 2 aromatic carbocycles. The Morgan fingerprint density at radius 1 is 1.07 bits per heavy atom. The van der Waals surface area contributed by atoms with Gasteiger partial charge in [0.2, 0.25) is 11.8 Å². The number of aryl methyl sites for hydroxylation is 1. The van der Waals surface area contributed by atoms with Crippen molar-refractivity contribution >= 4 is 29.1 Å². The van der Waals surface area contributed by atoms with Crippen LogP contribution in [0.2, 0.25) is 0 Å². The molecule has 0 bridgehead atoms. The van der Waals surface area contributed by atoms with Crippen molar-refractivity contribution < 1.29 is 23.5 Å². The second-order valence-corrected chi connectivity index (χ2v) is 11.2. The molecular weight excluding hydrogens is 549 g/mol. The molecule has 1 aliphatic heterocycles. The summed E-state index contributed by atoms with van der Waals surface area (Å²) in [5.41, 5.74) is 2.28. The van der Waals surface area contributed by atoms with Gasteiger partial charge >= 0.3 is 0 Å². The molecule has 0 saturated carbocycles. The van der Waals surface area contributed by atoms with Crippen molar-refractivity contribution in [3.63, 3.8) is 0 Å². The van der Waals surface area contributed by atoms with Gasteiger partial charge in [0.05, 0.1) is 23.5 Å². The zero-order chi connectivity index (χ0) is 31.1. The summed E-state index contributed by atoms with van der Waals surface area (Å²) in [5, 5.41) is 3.33. The highest BCUT2D eigenvalue weighted by Gasteiger charge is 2.45. The third-order valence-electron chi connectivity index (χ3n) is 7.67. The average Bonchev–Trinajstić information content (AvgIpc) is 3.05. The molecule has 0 radical (unpaired) electrons. The number of hydrogen-bond acceptors (Lipinski definition) is 6. The lowest BCUT2D eigenvalue weighted by Gasteiger charge is -2.27. The predicted octanol–water partition coefficient (Wildman–Crippen LogP) is 4.45. The maximum Gasteiger partial charge on any atom is 0.256 e. The second-order valence-electron chi connectivity index (χ2n) is 11.2. The standard InChI is InChI=1S/C33H40FN5O4/c1-6-39-28-14-13-25(21-29(28)38(5)31(41)33(2,3)32(39)42)43-19-9-10-24-20-23(15-16-36-24)22-35-17-18-37(4)30(40)26-11-7-8-12-27(26)34/h7-8,11-16,20-21,35H,6,9-10,17-19,22H2,1-5H3. The topological polar surface area (TPSA) is 95.1 Å². The van der Waals surface area contributed by atoms with E-state index in [1.807, 2.05) is 37.3 Å². The number of carbonyl (C=O) groups is 3. The molecule has 1 aliphatic rings. The summed E-state index contributed by atoms with van der Waals surface area (Å²) < 4.78 is 19.9. The molecule has 0 atom stereocenters. The normalized spacial score (nSPS) is 14.4. The van der Waals surface area contributed by atoms with Gasteiger partial charge in [-0.15, -0.1) is 0 Å². The molecule has 9 nitrogen and oxygen atoms in total. The lowest BCUT2D eigenvalue weighted by Crippen LogP contribution is -2.47. The van der Waals surface area contributed by atoms with Gasteiger partial charge in [-0.1, -0.05) is 12.1 Å². The summed E-state index contributed by atoms with van der Waals surface area (Å²) in [6, 6.07) is 15.5. The third kappa shape index (κ3) is 7.19. The van der Waals surface area contributed by atoms with Crippen molar-refractivity contribution in [2.75, 3.05) is 50.1 Å². The SMILES string of the molecule is CCN1C(=O)C(C)(C)C(=O)N(C)c2cc(OCCCc3cc(CNCCN(C)C(=O)c4ccccc4F)ccn3)ccc21. The fourth-order valence-electron chi connectivity index (χ4n) is 5.11. The predicted molar refractivity (Wildman–Crippen MR) is 165 cm³/mol. The summed E-state index contributed by atoms with van der Waals surface area (Å²) in [7, 11) is 3.35. The molecular formula is C33H40FN5O4. The van der Waals surface area contributed by atoms with Gasteiger partial charge in [-0.25, -0.2) is 4.39 Å². The van der Waals surface area contributed by atoms with Crippen LogP contribution in [0.1, 0.15) is 48.8 Å². The summed E-state index contributed by atoms with van der Waals surface area (Å²) in [4.78, 5) is 47.8. The van der Waals surface area contributed by atoms with Gasteiger partial charge in [0.25, 0.3) is 5.91 Å². The van der Waals surface area contributed by atoms with E-state index in [-0.39, 0.29) is 23.3 Å². The van der Waals surface area contributed by atoms with E-state index in [4.69, 9.17) is 4.74 Å². The van der Waals surface area contributed by atoms with E-state index in [0.717, 1.165) is 24.1 Å². The van der Waals surface area contributed by atoms with Gasteiger partial charge < -0.3 is 24.8 Å². The second kappa shape index (κ2) is 13.8. The monoisotopic (exact) mass is 589 g/mol. The molecule has 43 heavy (non-hydrogen) atoms. The van der Waals surface area contributed by atoms with Crippen LogP contribution in [0, 0.1) is 11.2 Å². The number of likely N-dealkylation sites (N-methyl/N-ethyl adjacent to an activating group) is 1. The third-order valence-corrected chi connectivity index (χ3v) is 7.67.